The number of esters is 1. The molecule has 0 aliphatic carbocycles. The van der Waals surface area contributed by atoms with E-state index in [1.54, 1.807) is 20.1 Å². The van der Waals surface area contributed by atoms with Crippen LogP contribution in [0.4, 0.5) is 5.69 Å². The number of nitrogen functional groups attached to an aromatic ring is 1. The summed E-state index contributed by atoms with van der Waals surface area (Å²) in [5, 5.41) is 1.59. The molecule has 0 unspecified atom stereocenters. The van der Waals surface area contributed by atoms with Crippen molar-refractivity contribution >= 4 is 22.4 Å². The monoisotopic (exact) mass is 271 g/mol. The second-order valence-corrected chi connectivity index (χ2v) is 4.72. The molecule has 0 fully saturated rings. The molecule has 0 saturated heterocycles. The number of methoxy groups -OCH3 is 1. The standard InChI is InChI=1S/C16H17NO3/c1-9(2)16(18)20-15-11-6-5-10(3)7-12(11)14(19-4)8-13(15)17/h5-8H,1,17H2,2-4H3. The third-order valence-corrected chi connectivity index (χ3v) is 3.00. The van der Waals surface area contributed by atoms with Crippen molar-refractivity contribution in [1.82, 2.24) is 0 Å². The molecule has 0 spiro atoms. The van der Waals surface area contributed by atoms with Crippen LogP contribution in [0.1, 0.15) is 12.5 Å². The van der Waals surface area contributed by atoms with Crippen molar-refractivity contribution in [3.8, 4) is 11.5 Å². The molecule has 2 aromatic carbocycles. The topological polar surface area (TPSA) is 61.5 Å². The van der Waals surface area contributed by atoms with E-state index in [1.165, 1.54) is 0 Å². The normalized spacial score (nSPS) is 10.3. The van der Waals surface area contributed by atoms with Crippen molar-refractivity contribution in [2.75, 3.05) is 12.8 Å². The summed E-state index contributed by atoms with van der Waals surface area (Å²) in [6, 6.07) is 7.42. The van der Waals surface area contributed by atoms with Gasteiger partial charge in [-0.05, 0) is 19.9 Å². The summed E-state index contributed by atoms with van der Waals surface area (Å²) >= 11 is 0. The number of anilines is 1. The zero-order valence-corrected chi connectivity index (χ0v) is 11.8. The van der Waals surface area contributed by atoms with Gasteiger partial charge in [0.2, 0.25) is 0 Å². The average molecular weight is 271 g/mol. The van der Waals surface area contributed by atoms with Gasteiger partial charge in [-0.3, -0.25) is 0 Å². The molecule has 20 heavy (non-hydrogen) atoms. The number of hydrogen-bond donors (Lipinski definition) is 1. The zero-order chi connectivity index (χ0) is 14.9. The van der Waals surface area contributed by atoms with Crippen LogP contribution in [0.2, 0.25) is 0 Å². The minimum atomic E-state index is -0.497. The molecule has 104 valence electrons. The third-order valence-electron chi connectivity index (χ3n) is 3.00. The number of carbonyl (C=O) groups excluding carboxylic acids is 1. The largest absolute Gasteiger partial charge is 0.496 e. The number of ether oxygens (including phenoxy) is 2. The van der Waals surface area contributed by atoms with Crippen LogP contribution in [0.25, 0.3) is 10.8 Å². The fourth-order valence-corrected chi connectivity index (χ4v) is 1.96. The fourth-order valence-electron chi connectivity index (χ4n) is 1.96. The van der Waals surface area contributed by atoms with Crippen LogP contribution in [0.3, 0.4) is 0 Å². The first-order valence-corrected chi connectivity index (χ1v) is 6.18. The van der Waals surface area contributed by atoms with Crippen molar-refractivity contribution in [1.29, 1.82) is 0 Å². The van der Waals surface area contributed by atoms with Gasteiger partial charge in [-0.2, -0.15) is 0 Å². The summed E-state index contributed by atoms with van der Waals surface area (Å²) in [5.41, 5.74) is 7.72. The van der Waals surface area contributed by atoms with Gasteiger partial charge < -0.3 is 15.2 Å². The quantitative estimate of drug-likeness (QED) is 0.403. The SMILES string of the molecule is C=C(C)C(=O)Oc1c(N)cc(OC)c2cc(C)ccc12. The summed E-state index contributed by atoms with van der Waals surface area (Å²) in [6.45, 7) is 7.14. The molecule has 2 rings (SSSR count). The first-order chi connectivity index (χ1) is 9.43. The highest BCUT2D eigenvalue weighted by Gasteiger charge is 2.15. The number of nitrogens with two attached hydrogens (primary N) is 1. The Bertz CT molecular complexity index is 704. The van der Waals surface area contributed by atoms with E-state index in [0.717, 1.165) is 16.3 Å². The maximum absolute atomic E-state index is 11.7. The highest BCUT2D eigenvalue weighted by atomic mass is 16.5. The first-order valence-electron chi connectivity index (χ1n) is 6.18. The Morgan fingerprint density at radius 1 is 1.25 bits per heavy atom. The molecule has 0 saturated carbocycles. The van der Waals surface area contributed by atoms with Gasteiger partial charge in [0.05, 0.1) is 12.8 Å². The third kappa shape index (κ3) is 2.45. The molecule has 0 radical (unpaired) electrons. The molecular weight excluding hydrogens is 254 g/mol. The van der Waals surface area contributed by atoms with Gasteiger partial charge >= 0.3 is 5.97 Å². The highest BCUT2D eigenvalue weighted by Crippen LogP contribution is 2.39. The molecule has 2 N–H and O–H groups in total. The van der Waals surface area contributed by atoms with E-state index in [0.29, 0.717) is 22.8 Å². The van der Waals surface area contributed by atoms with Crippen LogP contribution in [0, 0.1) is 6.92 Å². The molecule has 2 aromatic rings. The van der Waals surface area contributed by atoms with Crippen LogP contribution in [-0.2, 0) is 4.79 Å². The lowest BCUT2D eigenvalue weighted by Crippen LogP contribution is -2.10. The second kappa shape index (κ2) is 5.25. The van der Waals surface area contributed by atoms with E-state index < -0.39 is 5.97 Å². The predicted octanol–water partition coefficient (Wildman–Crippen LogP) is 3.22. The van der Waals surface area contributed by atoms with Crippen LogP contribution in [-0.4, -0.2) is 13.1 Å². The van der Waals surface area contributed by atoms with Crippen LogP contribution >= 0.6 is 0 Å². The molecule has 0 aromatic heterocycles. The molecule has 4 heteroatoms. The van der Waals surface area contributed by atoms with Gasteiger partial charge in [0.1, 0.15) is 5.75 Å². The summed E-state index contributed by atoms with van der Waals surface area (Å²) in [7, 11) is 1.58. The van der Waals surface area contributed by atoms with Crippen molar-refractivity contribution in [3.05, 3.63) is 42.0 Å². The van der Waals surface area contributed by atoms with Crippen molar-refractivity contribution in [2.24, 2.45) is 0 Å². The molecule has 0 aliphatic rings. The summed E-state index contributed by atoms with van der Waals surface area (Å²) in [6.07, 6.45) is 0. The highest BCUT2D eigenvalue weighted by molar-refractivity contribution is 6.01. The summed E-state index contributed by atoms with van der Waals surface area (Å²) in [5.74, 6) is 0.494. The number of rotatable bonds is 3. The lowest BCUT2D eigenvalue weighted by atomic mass is 10.0. The van der Waals surface area contributed by atoms with Gasteiger partial charge in [0, 0.05) is 22.4 Å². The van der Waals surface area contributed by atoms with E-state index in [-0.39, 0.29) is 0 Å². The van der Waals surface area contributed by atoms with E-state index in [2.05, 4.69) is 6.58 Å². The van der Waals surface area contributed by atoms with Crippen LogP contribution in [0.15, 0.2) is 36.4 Å². The molecular formula is C16H17NO3. The van der Waals surface area contributed by atoms with Gasteiger partial charge in [-0.1, -0.05) is 24.3 Å². The zero-order valence-electron chi connectivity index (χ0n) is 11.8. The Kier molecular flexibility index (Phi) is 3.66. The minimum Gasteiger partial charge on any atom is -0.496 e. The van der Waals surface area contributed by atoms with E-state index in [4.69, 9.17) is 15.2 Å². The number of fused-ring (bicyclic) bond motifs is 1. The van der Waals surface area contributed by atoms with E-state index in [1.807, 2.05) is 25.1 Å². The summed E-state index contributed by atoms with van der Waals surface area (Å²) < 4.78 is 10.7. The van der Waals surface area contributed by atoms with Gasteiger partial charge in [0.25, 0.3) is 0 Å². The van der Waals surface area contributed by atoms with Crippen LogP contribution < -0.4 is 15.2 Å². The Morgan fingerprint density at radius 3 is 2.55 bits per heavy atom. The van der Waals surface area contributed by atoms with E-state index >= 15 is 0 Å². The lowest BCUT2D eigenvalue weighted by Gasteiger charge is -2.14. The molecule has 0 aliphatic heterocycles. The Balaban J connectivity index is 2.68. The maximum atomic E-state index is 11.7. The summed E-state index contributed by atoms with van der Waals surface area (Å²) in [4.78, 5) is 11.7. The smallest absolute Gasteiger partial charge is 0.338 e. The molecule has 0 amide bonds. The molecule has 0 bridgehead atoms. The minimum absolute atomic E-state index is 0.320. The molecule has 0 heterocycles. The van der Waals surface area contributed by atoms with Crippen molar-refractivity contribution < 1.29 is 14.3 Å². The lowest BCUT2D eigenvalue weighted by molar-refractivity contribution is -0.129. The second-order valence-electron chi connectivity index (χ2n) is 4.72. The van der Waals surface area contributed by atoms with Gasteiger partial charge in [0.15, 0.2) is 5.75 Å². The number of benzene rings is 2. The first kappa shape index (κ1) is 13.9. The maximum Gasteiger partial charge on any atom is 0.338 e. The Hall–Kier alpha value is -2.49. The van der Waals surface area contributed by atoms with Gasteiger partial charge in [-0.15, -0.1) is 0 Å². The molecule has 4 nitrogen and oxygen atoms in total. The number of carbonyl (C=O) groups is 1. The fraction of sp³-hybridized carbons (Fsp3) is 0.188. The van der Waals surface area contributed by atoms with Gasteiger partial charge in [-0.25, -0.2) is 4.79 Å². The van der Waals surface area contributed by atoms with Crippen molar-refractivity contribution in [3.63, 3.8) is 0 Å². The number of aryl methyl sites for hydroxylation is 1. The Labute approximate surface area is 117 Å². The number of hydrogen-bond acceptors (Lipinski definition) is 4. The van der Waals surface area contributed by atoms with Crippen LogP contribution in [0.5, 0.6) is 11.5 Å². The average Bonchev–Trinajstić information content (AvgIpc) is 2.41. The van der Waals surface area contributed by atoms with Crippen molar-refractivity contribution in [2.45, 2.75) is 13.8 Å². The molecule has 0 atom stereocenters. The van der Waals surface area contributed by atoms with E-state index in [9.17, 15) is 4.79 Å². The Morgan fingerprint density at radius 2 is 1.95 bits per heavy atom. The predicted molar refractivity (Wildman–Crippen MR) is 80.1 cm³/mol.